The maximum absolute atomic E-state index is 15.0. The normalized spacial score (nSPS) is 19.6. The monoisotopic (exact) mass is 495 g/mol. The van der Waals surface area contributed by atoms with Crippen LogP contribution in [-0.4, -0.2) is 59.9 Å². The summed E-state index contributed by atoms with van der Waals surface area (Å²) in [5.74, 6) is -0.528. The summed E-state index contributed by atoms with van der Waals surface area (Å²) in [6, 6.07) is 2.51. The van der Waals surface area contributed by atoms with E-state index in [2.05, 4.69) is 25.2 Å². The van der Waals surface area contributed by atoms with Crippen LogP contribution in [0.3, 0.4) is 0 Å². The molecule has 0 amide bonds. The van der Waals surface area contributed by atoms with E-state index < -0.39 is 17.9 Å². The zero-order chi connectivity index (χ0) is 24.7. The Morgan fingerprint density at radius 2 is 1.86 bits per heavy atom. The zero-order valence-electron chi connectivity index (χ0n) is 19.3. The Kier molecular flexibility index (Phi) is 6.26. The summed E-state index contributed by atoms with van der Waals surface area (Å²) in [5, 5.41) is 7.66. The van der Waals surface area contributed by atoms with Gasteiger partial charge in [0.25, 0.3) is 5.89 Å². The van der Waals surface area contributed by atoms with E-state index in [1.54, 1.807) is 13.8 Å². The van der Waals surface area contributed by atoms with E-state index in [1.807, 2.05) is 4.90 Å². The van der Waals surface area contributed by atoms with Crippen LogP contribution in [0.25, 0.3) is 22.4 Å². The molecular weight excluding hydrogens is 470 g/mol. The van der Waals surface area contributed by atoms with E-state index in [4.69, 9.17) is 9.26 Å². The van der Waals surface area contributed by atoms with Crippen molar-refractivity contribution < 1.29 is 31.6 Å². The first-order valence-corrected chi connectivity index (χ1v) is 11.5. The third-order valence-electron chi connectivity index (χ3n) is 6.43. The van der Waals surface area contributed by atoms with Gasteiger partial charge in [-0.3, -0.25) is 0 Å². The van der Waals surface area contributed by atoms with E-state index in [0.717, 1.165) is 31.9 Å². The summed E-state index contributed by atoms with van der Waals surface area (Å²) in [6.07, 6.45) is -2.26. The Bertz CT molecular complexity index is 1220. The van der Waals surface area contributed by atoms with Crippen LogP contribution in [0.2, 0.25) is 0 Å². The van der Waals surface area contributed by atoms with Gasteiger partial charge in [0, 0.05) is 43.2 Å². The second-order valence-corrected chi connectivity index (χ2v) is 8.92. The molecule has 12 heteroatoms. The molecule has 2 fully saturated rings. The third kappa shape index (κ3) is 5.03. The maximum Gasteiger partial charge on any atom is 0.573 e. The van der Waals surface area contributed by atoms with Gasteiger partial charge in [0.05, 0.1) is 12.2 Å². The van der Waals surface area contributed by atoms with E-state index in [0.29, 0.717) is 60.6 Å². The Labute approximate surface area is 198 Å². The molecule has 0 spiro atoms. The molecule has 1 atom stereocenters. The average molecular weight is 495 g/mol. The summed E-state index contributed by atoms with van der Waals surface area (Å²) < 4.78 is 68.1. The van der Waals surface area contributed by atoms with Crippen LogP contribution in [0, 0.1) is 19.7 Å². The molecule has 2 aromatic heterocycles. The van der Waals surface area contributed by atoms with Gasteiger partial charge in [-0.05, 0) is 44.7 Å². The standard InChI is InChI=1S/C23H25F4N5O3/c1-12-17-9-16(34-23(25,26)27)10-18(24)20(17)30-21(19(12)22-28-13(2)31-35-22)32-6-3-14(4-7-32)29-15-5-8-33-11-15/h9-10,14-15,29H,3-8,11H2,1-2H3/t15-/m1/s1. The lowest BCUT2D eigenvalue weighted by Crippen LogP contribution is -2.46. The van der Waals surface area contributed by atoms with Crippen molar-refractivity contribution >= 4 is 16.7 Å². The van der Waals surface area contributed by atoms with Crippen LogP contribution in [0.15, 0.2) is 16.7 Å². The average Bonchev–Trinajstić information content (AvgIpc) is 3.45. The number of benzene rings is 1. The number of fused-ring (bicyclic) bond motifs is 1. The van der Waals surface area contributed by atoms with E-state index in [-0.39, 0.29) is 16.8 Å². The van der Waals surface area contributed by atoms with E-state index in [1.165, 1.54) is 0 Å². The molecule has 1 N–H and O–H groups in total. The molecule has 0 saturated carbocycles. The second-order valence-electron chi connectivity index (χ2n) is 8.92. The number of aryl methyl sites for hydroxylation is 2. The SMILES string of the molecule is Cc1noc(-c2c(N3CCC(N[C@@H]4CCOC4)CC3)nc3c(F)cc(OC(F)(F)F)cc3c2C)n1. The van der Waals surface area contributed by atoms with Gasteiger partial charge in [-0.2, -0.15) is 4.98 Å². The fraction of sp³-hybridized carbons (Fsp3) is 0.522. The van der Waals surface area contributed by atoms with Crippen molar-refractivity contribution in [3.63, 3.8) is 0 Å². The molecule has 188 valence electrons. The molecule has 3 aromatic rings. The van der Waals surface area contributed by atoms with Crippen molar-refractivity contribution in [3.05, 3.63) is 29.3 Å². The van der Waals surface area contributed by atoms with Gasteiger partial charge in [0.1, 0.15) is 17.1 Å². The largest absolute Gasteiger partial charge is 0.573 e. The molecule has 2 aliphatic rings. The van der Waals surface area contributed by atoms with Crippen molar-refractivity contribution in [3.8, 4) is 17.2 Å². The molecule has 35 heavy (non-hydrogen) atoms. The van der Waals surface area contributed by atoms with Crippen molar-refractivity contribution in [2.45, 2.75) is 51.6 Å². The quantitative estimate of drug-likeness (QED) is 0.525. The first-order valence-electron chi connectivity index (χ1n) is 11.5. The van der Waals surface area contributed by atoms with Gasteiger partial charge >= 0.3 is 6.36 Å². The number of rotatable bonds is 5. The lowest BCUT2D eigenvalue weighted by molar-refractivity contribution is -0.274. The molecule has 5 rings (SSSR count). The first-order chi connectivity index (χ1) is 16.7. The van der Waals surface area contributed by atoms with Crippen molar-refractivity contribution in [1.29, 1.82) is 0 Å². The van der Waals surface area contributed by atoms with Crippen LogP contribution < -0.4 is 15.0 Å². The minimum absolute atomic E-state index is 0.0460. The smallest absolute Gasteiger partial charge is 0.406 e. The number of aromatic nitrogens is 3. The summed E-state index contributed by atoms with van der Waals surface area (Å²) >= 11 is 0. The number of alkyl halides is 3. The molecule has 8 nitrogen and oxygen atoms in total. The summed E-state index contributed by atoms with van der Waals surface area (Å²) in [6.45, 7) is 6.12. The van der Waals surface area contributed by atoms with Crippen molar-refractivity contribution in [1.82, 2.24) is 20.4 Å². The van der Waals surface area contributed by atoms with Crippen molar-refractivity contribution in [2.75, 3.05) is 31.2 Å². The number of halogens is 4. The molecule has 4 heterocycles. The minimum atomic E-state index is -4.95. The van der Waals surface area contributed by atoms with Gasteiger partial charge in [-0.25, -0.2) is 9.37 Å². The van der Waals surface area contributed by atoms with Crippen LogP contribution in [0.5, 0.6) is 5.75 Å². The number of pyridine rings is 1. The van der Waals surface area contributed by atoms with Crippen molar-refractivity contribution in [2.24, 2.45) is 0 Å². The molecular formula is C23H25F4N5O3. The molecule has 2 saturated heterocycles. The lowest BCUT2D eigenvalue weighted by atomic mass is 9.99. The summed E-state index contributed by atoms with van der Waals surface area (Å²) in [4.78, 5) is 10.9. The zero-order valence-corrected chi connectivity index (χ0v) is 19.3. The fourth-order valence-corrected chi connectivity index (χ4v) is 4.77. The number of ether oxygens (including phenoxy) is 2. The number of nitrogens with one attached hydrogen (secondary N) is 1. The van der Waals surface area contributed by atoms with Crippen LogP contribution in [-0.2, 0) is 4.74 Å². The van der Waals surface area contributed by atoms with E-state index >= 15 is 0 Å². The highest BCUT2D eigenvalue weighted by Crippen LogP contribution is 2.39. The predicted octanol–water partition coefficient (Wildman–Crippen LogP) is 4.29. The van der Waals surface area contributed by atoms with Crippen LogP contribution >= 0.6 is 0 Å². The molecule has 0 bridgehead atoms. The highest BCUT2D eigenvalue weighted by atomic mass is 19.4. The van der Waals surface area contributed by atoms with Crippen LogP contribution in [0.1, 0.15) is 30.7 Å². The molecule has 0 unspecified atom stereocenters. The number of anilines is 1. The maximum atomic E-state index is 15.0. The Morgan fingerprint density at radius 1 is 1.09 bits per heavy atom. The summed E-state index contributed by atoms with van der Waals surface area (Å²) in [5.41, 5.74) is 0.899. The minimum Gasteiger partial charge on any atom is -0.406 e. The Balaban J connectivity index is 1.52. The molecule has 1 aromatic carbocycles. The van der Waals surface area contributed by atoms with Gasteiger partial charge < -0.3 is 24.2 Å². The lowest BCUT2D eigenvalue weighted by Gasteiger charge is -2.35. The molecule has 2 aliphatic heterocycles. The summed E-state index contributed by atoms with van der Waals surface area (Å²) in [7, 11) is 0. The Hall–Kier alpha value is -2.99. The molecule has 0 aliphatic carbocycles. The third-order valence-corrected chi connectivity index (χ3v) is 6.43. The second kappa shape index (κ2) is 9.23. The van der Waals surface area contributed by atoms with Crippen LogP contribution in [0.4, 0.5) is 23.4 Å². The number of hydrogen-bond acceptors (Lipinski definition) is 8. The number of piperidine rings is 1. The Morgan fingerprint density at radius 3 is 2.49 bits per heavy atom. The topological polar surface area (TPSA) is 85.5 Å². The fourth-order valence-electron chi connectivity index (χ4n) is 4.77. The highest BCUT2D eigenvalue weighted by Gasteiger charge is 2.33. The predicted molar refractivity (Wildman–Crippen MR) is 119 cm³/mol. The number of hydrogen-bond donors (Lipinski definition) is 1. The van der Waals surface area contributed by atoms with Gasteiger partial charge in [0.15, 0.2) is 11.6 Å². The van der Waals surface area contributed by atoms with Gasteiger partial charge in [-0.1, -0.05) is 5.16 Å². The van der Waals surface area contributed by atoms with E-state index in [9.17, 15) is 17.6 Å². The van der Waals surface area contributed by atoms with Gasteiger partial charge in [-0.15, -0.1) is 13.2 Å². The first kappa shape index (κ1) is 23.7. The number of nitrogens with zero attached hydrogens (tertiary/aromatic N) is 4. The highest BCUT2D eigenvalue weighted by molar-refractivity contribution is 5.93. The molecule has 0 radical (unpaired) electrons. The van der Waals surface area contributed by atoms with Gasteiger partial charge in [0.2, 0.25) is 0 Å².